The van der Waals surface area contributed by atoms with E-state index in [1.165, 1.54) is 28.4 Å². The van der Waals surface area contributed by atoms with Crippen molar-refractivity contribution < 1.29 is 13.9 Å². The number of aryl methyl sites for hydroxylation is 1. The maximum absolute atomic E-state index is 13.1. The molecule has 0 aliphatic heterocycles. The summed E-state index contributed by atoms with van der Waals surface area (Å²) in [7, 11) is 0. The first-order valence-corrected chi connectivity index (χ1v) is 7.80. The Kier molecular flexibility index (Phi) is 4.81. The van der Waals surface area contributed by atoms with Gasteiger partial charge in [0, 0.05) is 11.1 Å². The number of benzene rings is 1. The number of rotatable bonds is 3. The Balaban J connectivity index is 2.27. The SMILES string of the molecule is Cc1nc(CN(C(=O)OC(C)(C)C)c2ccc(F)cc2)cs1. The summed E-state index contributed by atoms with van der Waals surface area (Å²) in [6, 6.07) is 5.74. The monoisotopic (exact) mass is 322 g/mol. The lowest BCUT2D eigenvalue weighted by atomic mass is 10.2. The van der Waals surface area contributed by atoms with Gasteiger partial charge in [0.1, 0.15) is 11.4 Å². The molecule has 0 spiro atoms. The summed E-state index contributed by atoms with van der Waals surface area (Å²) in [6.45, 7) is 7.61. The molecule has 1 amide bonds. The van der Waals surface area contributed by atoms with Crippen LogP contribution in [0.2, 0.25) is 0 Å². The average Bonchev–Trinajstić information content (AvgIpc) is 2.81. The van der Waals surface area contributed by atoms with Crippen LogP contribution in [0.3, 0.4) is 0 Å². The van der Waals surface area contributed by atoms with Crippen LogP contribution in [-0.4, -0.2) is 16.7 Å². The van der Waals surface area contributed by atoms with Crippen molar-refractivity contribution in [3.63, 3.8) is 0 Å². The lowest BCUT2D eigenvalue weighted by molar-refractivity contribution is 0.0577. The first kappa shape index (κ1) is 16.4. The maximum Gasteiger partial charge on any atom is 0.415 e. The number of carbonyl (C=O) groups excluding carboxylic acids is 1. The molecule has 1 heterocycles. The quantitative estimate of drug-likeness (QED) is 0.833. The van der Waals surface area contributed by atoms with Gasteiger partial charge in [-0.25, -0.2) is 14.2 Å². The number of nitrogens with zero attached hydrogens (tertiary/aromatic N) is 2. The number of hydrogen-bond donors (Lipinski definition) is 0. The van der Waals surface area contributed by atoms with Crippen molar-refractivity contribution in [2.24, 2.45) is 0 Å². The summed E-state index contributed by atoms with van der Waals surface area (Å²) >= 11 is 1.52. The van der Waals surface area contributed by atoms with Crippen LogP contribution in [0.4, 0.5) is 14.9 Å². The van der Waals surface area contributed by atoms with Gasteiger partial charge in [0.05, 0.1) is 17.2 Å². The van der Waals surface area contributed by atoms with Gasteiger partial charge in [0.2, 0.25) is 0 Å². The number of amides is 1. The topological polar surface area (TPSA) is 42.4 Å². The Bertz CT molecular complexity index is 647. The first-order valence-electron chi connectivity index (χ1n) is 6.92. The van der Waals surface area contributed by atoms with Crippen molar-refractivity contribution in [1.82, 2.24) is 4.98 Å². The zero-order valence-electron chi connectivity index (χ0n) is 13.1. The first-order chi connectivity index (χ1) is 10.2. The Morgan fingerprint density at radius 1 is 1.32 bits per heavy atom. The van der Waals surface area contributed by atoms with Gasteiger partial charge in [-0.1, -0.05) is 0 Å². The van der Waals surface area contributed by atoms with Gasteiger partial charge in [0.25, 0.3) is 0 Å². The van der Waals surface area contributed by atoms with Crippen LogP contribution in [0.1, 0.15) is 31.5 Å². The Morgan fingerprint density at radius 3 is 2.45 bits per heavy atom. The number of carbonyl (C=O) groups is 1. The molecule has 0 unspecified atom stereocenters. The number of ether oxygens (including phenoxy) is 1. The Labute approximate surface area is 133 Å². The predicted molar refractivity (Wildman–Crippen MR) is 85.7 cm³/mol. The van der Waals surface area contributed by atoms with Gasteiger partial charge < -0.3 is 4.74 Å². The molecule has 2 aromatic rings. The smallest absolute Gasteiger partial charge is 0.415 e. The predicted octanol–water partition coefficient (Wildman–Crippen LogP) is 4.53. The summed E-state index contributed by atoms with van der Waals surface area (Å²) < 4.78 is 18.5. The van der Waals surface area contributed by atoms with E-state index >= 15 is 0 Å². The van der Waals surface area contributed by atoms with Crippen molar-refractivity contribution in [3.05, 3.63) is 46.2 Å². The second-order valence-corrected chi connectivity index (χ2v) is 6.96. The molecule has 4 nitrogen and oxygen atoms in total. The highest BCUT2D eigenvalue weighted by Gasteiger charge is 2.24. The van der Waals surface area contributed by atoms with Crippen LogP contribution in [0.5, 0.6) is 0 Å². The third-order valence-electron chi connectivity index (χ3n) is 2.74. The molecule has 1 aromatic carbocycles. The molecule has 0 aliphatic rings. The molecule has 22 heavy (non-hydrogen) atoms. The van der Waals surface area contributed by atoms with E-state index in [4.69, 9.17) is 4.74 Å². The summed E-state index contributed by atoms with van der Waals surface area (Å²) in [5, 5.41) is 2.83. The molecular weight excluding hydrogens is 303 g/mol. The van der Waals surface area contributed by atoms with Gasteiger partial charge in [-0.3, -0.25) is 4.90 Å². The van der Waals surface area contributed by atoms with E-state index in [0.717, 1.165) is 10.7 Å². The molecule has 0 radical (unpaired) electrons. The molecule has 0 fully saturated rings. The number of hydrogen-bond acceptors (Lipinski definition) is 4. The zero-order chi connectivity index (χ0) is 16.3. The lowest BCUT2D eigenvalue weighted by Crippen LogP contribution is -2.36. The highest BCUT2D eigenvalue weighted by molar-refractivity contribution is 7.09. The molecule has 0 bridgehead atoms. The van der Waals surface area contributed by atoms with E-state index in [9.17, 15) is 9.18 Å². The van der Waals surface area contributed by atoms with Crippen LogP contribution in [0, 0.1) is 12.7 Å². The second-order valence-electron chi connectivity index (χ2n) is 5.90. The molecular formula is C16H19FN2O2S. The summed E-state index contributed by atoms with van der Waals surface area (Å²) in [5.74, 6) is -0.350. The van der Waals surface area contributed by atoms with Gasteiger partial charge in [0.15, 0.2) is 0 Å². The minimum atomic E-state index is -0.604. The number of thiazole rings is 1. The molecule has 1 aromatic heterocycles. The average molecular weight is 322 g/mol. The van der Waals surface area contributed by atoms with E-state index in [2.05, 4.69) is 4.98 Å². The third-order valence-corrected chi connectivity index (χ3v) is 3.56. The highest BCUT2D eigenvalue weighted by Crippen LogP contribution is 2.22. The molecule has 0 saturated carbocycles. The van der Waals surface area contributed by atoms with E-state index in [-0.39, 0.29) is 12.4 Å². The van der Waals surface area contributed by atoms with Crippen molar-refractivity contribution >= 4 is 23.1 Å². The fraction of sp³-hybridized carbons (Fsp3) is 0.375. The standard InChI is InChI=1S/C16H19FN2O2S/c1-11-18-13(10-22-11)9-19(15(20)21-16(2,3)4)14-7-5-12(17)6-8-14/h5-8,10H,9H2,1-4H3. The second kappa shape index (κ2) is 6.44. The van der Waals surface area contributed by atoms with Gasteiger partial charge >= 0.3 is 6.09 Å². The van der Waals surface area contributed by atoms with Crippen LogP contribution in [0.15, 0.2) is 29.6 Å². The van der Waals surface area contributed by atoms with Crippen molar-refractivity contribution in [1.29, 1.82) is 0 Å². The molecule has 2 rings (SSSR count). The van der Waals surface area contributed by atoms with Crippen molar-refractivity contribution in [2.75, 3.05) is 4.90 Å². The number of aromatic nitrogens is 1. The molecule has 6 heteroatoms. The summed E-state index contributed by atoms with van der Waals surface area (Å²) in [6.07, 6.45) is -0.482. The van der Waals surface area contributed by atoms with Crippen molar-refractivity contribution in [3.8, 4) is 0 Å². The van der Waals surface area contributed by atoms with Gasteiger partial charge in [-0.2, -0.15) is 0 Å². The molecule has 0 atom stereocenters. The molecule has 0 saturated heterocycles. The molecule has 0 N–H and O–H groups in total. The van der Waals surface area contributed by atoms with Crippen LogP contribution in [0.25, 0.3) is 0 Å². The van der Waals surface area contributed by atoms with Crippen LogP contribution in [-0.2, 0) is 11.3 Å². The van der Waals surface area contributed by atoms with Gasteiger partial charge in [-0.05, 0) is 52.0 Å². The highest BCUT2D eigenvalue weighted by atomic mass is 32.1. The fourth-order valence-corrected chi connectivity index (χ4v) is 2.45. The van der Waals surface area contributed by atoms with E-state index < -0.39 is 11.7 Å². The van der Waals surface area contributed by atoms with E-state index in [0.29, 0.717) is 5.69 Å². The maximum atomic E-state index is 13.1. The molecule has 118 valence electrons. The number of anilines is 1. The number of halogens is 1. The summed E-state index contributed by atoms with van der Waals surface area (Å²) in [4.78, 5) is 18.3. The third kappa shape index (κ3) is 4.53. The largest absolute Gasteiger partial charge is 0.443 e. The van der Waals surface area contributed by atoms with Crippen LogP contribution < -0.4 is 4.90 Å². The minimum Gasteiger partial charge on any atom is -0.443 e. The van der Waals surface area contributed by atoms with Crippen LogP contribution >= 0.6 is 11.3 Å². The fourth-order valence-electron chi connectivity index (χ4n) is 1.84. The summed E-state index contributed by atoms with van der Waals surface area (Å²) in [5.41, 5.74) is 0.742. The van der Waals surface area contributed by atoms with Crippen molar-refractivity contribution in [2.45, 2.75) is 39.8 Å². The molecule has 0 aliphatic carbocycles. The lowest BCUT2D eigenvalue weighted by Gasteiger charge is -2.27. The Hall–Kier alpha value is -1.95. The van der Waals surface area contributed by atoms with E-state index in [1.54, 1.807) is 32.9 Å². The van der Waals surface area contributed by atoms with E-state index in [1.807, 2.05) is 12.3 Å². The van der Waals surface area contributed by atoms with Gasteiger partial charge in [-0.15, -0.1) is 11.3 Å². The minimum absolute atomic E-state index is 0.283. The Morgan fingerprint density at radius 2 is 1.95 bits per heavy atom. The zero-order valence-corrected chi connectivity index (χ0v) is 13.9. The normalized spacial score (nSPS) is 11.3.